The van der Waals surface area contributed by atoms with Gasteiger partial charge in [0.15, 0.2) is 0 Å². The Morgan fingerprint density at radius 2 is 1.88 bits per heavy atom. The summed E-state index contributed by atoms with van der Waals surface area (Å²) in [5.74, 6) is -0.265. The van der Waals surface area contributed by atoms with Crippen LogP contribution in [0.2, 0.25) is 0 Å². The Morgan fingerprint density at radius 1 is 1.16 bits per heavy atom. The van der Waals surface area contributed by atoms with Crippen molar-refractivity contribution in [1.29, 1.82) is 0 Å². The summed E-state index contributed by atoms with van der Waals surface area (Å²) in [6.07, 6.45) is 3.24. The van der Waals surface area contributed by atoms with Gasteiger partial charge in [-0.05, 0) is 42.6 Å². The van der Waals surface area contributed by atoms with Gasteiger partial charge < -0.3 is 10.6 Å². The van der Waals surface area contributed by atoms with E-state index in [-0.39, 0.29) is 11.8 Å². The molecule has 1 atom stereocenters. The predicted molar refractivity (Wildman–Crippen MR) is 96.5 cm³/mol. The van der Waals surface area contributed by atoms with Crippen LogP contribution in [0.3, 0.4) is 0 Å². The standard InChI is InChI=1S/C17H17N5O2S/c1-12(22-11-18-10-19-22)17(24)21-14-6-4-13(5-7-14)20-16(23)9-15-3-2-8-25-15/h2-8,10-12H,9H2,1H3,(H,20,23)(H,21,24)/t12-/m0/s1. The number of carbonyl (C=O) groups excluding carboxylic acids is 2. The molecular weight excluding hydrogens is 338 g/mol. The maximum atomic E-state index is 12.2. The lowest BCUT2D eigenvalue weighted by Crippen LogP contribution is -2.24. The van der Waals surface area contributed by atoms with Gasteiger partial charge in [-0.3, -0.25) is 9.59 Å². The lowest BCUT2D eigenvalue weighted by molar-refractivity contribution is -0.119. The van der Waals surface area contributed by atoms with Crippen molar-refractivity contribution in [2.24, 2.45) is 0 Å². The molecule has 3 rings (SSSR count). The lowest BCUT2D eigenvalue weighted by atomic mass is 10.2. The molecule has 128 valence electrons. The zero-order valence-electron chi connectivity index (χ0n) is 13.5. The molecule has 25 heavy (non-hydrogen) atoms. The topological polar surface area (TPSA) is 88.9 Å². The minimum absolute atomic E-state index is 0.0703. The van der Waals surface area contributed by atoms with Crippen LogP contribution in [0.1, 0.15) is 17.8 Å². The van der Waals surface area contributed by atoms with Crippen molar-refractivity contribution in [2.75, 3.05) is 10.6 Å². The van der Waals surface area contributed by atoms with Gasteiger partial charge in [-0.15, -0.1) is 11.3 Å². The number of hydrogen-bond donors (Lipinski definition) is 2. The van der Waals surface area contributed by atoms with Gasteiger partial charge in [0.05, 0.1) is 6.42 Å². The van der Waals surface area contributed by atoms with E-state index in [2.05, 4.69) is 20.7 Å². The molecule has 3 aromatic rings. The molecule has 2 amide bonds. The van der Waals surface area contributed by atoms with Crippen LogP contribution in [-0.4, -0.2) is 26.6 Å². The molecule has 8 heteroatoms. The zero-order chi connectivity index (χ0) is 17.6. The molecule has 2 aromatic heterocycles. The smallest absolute Gasteiger partial charge is 0.249 e. The van der Waals surface area contributed by atoms with Crippen molar-refractivity contribution in [3.8, 4) is 0 Å². The van der Waals surface area contributed by atoms with E-state index in [4.69, 9.17) is 0 Å². The van der Waals surface area contributed by atoms with Crippen LogP contribution in [0.25, 0.3) is 0 Å². The fraction of sp³-hybridized carbons (Fsp3) is 0.176. The third kappa shape index (κ3) is 4.51. The molecule has 0 fully saturated rings. The van der Waals surface area contributed by atoms with Crippen molar-refractivity contribution >= 4 is 34.5 Å². The summed E-state index contributed by atoms with van der Waals surface area (Å²) in [7, 11) is 0. The predicted octanol–water partition coefficient (Wildman–Crippen LogP) is 2.72. The van der Waals surface area contributed by atoms with E-state index in [1.54, 1.807) is 42.5 Å². The number of anilines is 2. The first-order valence-electron chi connectivity index (χ1n) is 7.69. The summed E-state index contributed by atoms with van der Waals surface area (Å²) in [6.45, 7) is 1.74. The number of hydrogen-bond acceptors (Lipinski definition) is 5. The Bertz CT molecular complexity index is 829. The third-order valence-electron chi connectivity index (χ3n) is 3.56. The summed E-state index contributed by atoms with van der Waals surface area (Å²) >= 11 is 1.55. The first-order valence-corrected chi connectivity index (χ1v) is 8.57. The normalized spacial score (nSPS) is 11.7. The van der Waals surface area contributed by atoms with Gasteiger partial charge in [-0.25, -0.2) is 9.67 Å². The molecular formula is C17H17N5O2S. The molecule has 2 heterocycles. The van der Waals surface area contributed by atoms with E-state index in [0.29, 0.717) is 17.8 Å². The number of carbonyl (C=O) groups is 2. The molecule has 0 saturated carbocycles. The average molecular weight is 355 g/mol. The van der Waals surface area contributed by atoms with Crippen LogP contribution >= 0.6 is 11.3 Å². The third-order valence-corrected chi connectivity index (χ3v) is 4.44. The maximum absolute atomic E-state index is 12.2. The summed E-state index contributed by atoms with van der Waals surface area (Å²) in [6, 6.07) is 10.4. The van der Waals surface area contributed by atoms with E-state index in [1.165, 1.54) is 17.3 Å². The van der Waals surface area contributed by atoms with Gasteiger partial charge in [0.25, 0.3) is 0 Å². The van der Waals surface area contributed by atoms with Crippen LogP contribution in [-0.2, 0) is 16.0 Å². The average Bonchev–Trinajstić information content (AvgIpc) is 3.29. The van der Waals surface area contributed by atoms with Crippen LogP contribution in [0.15, 0.2) is 54.4 Å². The van der Waals surface area contributed by atoms with Gasteiger partial charge in [0, 0.05) is 16.3 Å². The number of amides is 2. The van der Waals surface area contributed by atoms with Gasteiger partial charge in [0.2, 0.25) is 11.8 Å². The molecule has 0 radical (unpaired) electrons. The van der Waals surface area contributed by atoms with Gasteiger partial charge in [-0.1, -0.05) is 6.07 Å². The van der Waals surface area contributed by atoms with Gasteiger partial charge in [-0.2, -0.15) is 5.10 Å². The number of nitrogens with one attached hydrogen (secondary N) is 2. The zero-order valence-corrected chi connectivity index (χ0v) is 14.4. The second kappa shape index (κ2) is 7.71. The van der Waals surface area contributed by atoms with Crippen molar-refractivity contribution in [3.63, 3.8) is 0 Å². The Balaban J connectivity index is 1.55. The first kappa shape index (κ1) is 16.8. The number of benzene rings is 1. The Kier molecular flexibility index (Phi) is 5.20. The molecule has 0 aliphatic rings. The van der Waals surface area contributed by atoms with Crippen molar-refractivity contribution < 1.29 is 9.59 Å². The molecule has 0 aliphatic carbocycles. The minimum atomic E-state index is -0.465. The number of aromatic nitrogens is 3. The van der Waals surface area contributed by atoms with Crippen LogP contribution in [0.4, 0.5) is 11.4 Å². The van der Waals surface area contributed by atoms with Crippen molar-refractivity contribution in [2.45, 2.75) is 19.4 Å². The number of rotatable bonds is 6. The number of nitrogens with zero attached hydrogens (tertiary/aromatic N) is 3. The molecule has 1 aromatic carbocycles. The fourth-order valence-corrected chi connectivity index (χ4v) is 2.90. The quantitative estimate of drug-likeness (QED) is 0.711. The molecule has 0 unspecified atom stereocenters. The van der Waals surface area contributed by atoms with Crippen molar-refractivity contribution in [1.82, 2.24) is 14.8 Å². The highest BCUT2D eigenvalue weighted by molar-refractivity contribution is 7.10. The summed E-state index contributed by atoms with van der Waals surface area (Å²) in [4.78, 5) is 29.0. The van der Waals surface area contributed by atoms with Crippen LogP contribution in [0, 0.1) is 0 Å². The summed E-state index contributed by atoms with van der Waals surface area (Å²) < 4.78 is 1.48. The Morgan fingerprint density at radius 3 is 2.48 bits per heavy atom. The van der Waals surface area contributed by atoms with E-state index in [9.17, 15) is 9.59 Å². The van der Waals surface area contributed by atoms with Crippen LogP contribution < -0.4 is 10.6 Å². The van der Waals surface area contributed by atoms with Crippen LogP contribution in [0.5, 0.6) is 0 Å². The Hall–Kier alpha value is -3.00. The first-order chi connectivity index (χ1) is 12.1. The SMILES string of the molecule is C[C@@H](C(=O)Nc1ccc(NC(=O)Cc2cccs2)cc1)n1cncn1. The molecule has 0 aliphatic heterocycles. The lowest BCUT2D eigenvalue weighted by Gasteiger charge is -2.12. The van der Waals surface area contributed by atoms with E-state index in [0.717, 1.165) is 4.88 Å². The molecule has 0 spiro atoms. The van der Waals surface area contributed by atoms with Crippen molar-refractivity contribution in [3.05, 3.63) is 59.3 Å². The highest BCUT2D eigenvalue weighted by Crippen LogP contribution is 2.16. The Labute approximate surface area is 148 Å². The largest absolute Gasteiger partial charge is 0.326 e. The van der Waals surface area contributed by atoms with Gasteiger partial charge >= 0.3 is 0 Å². The minimum Gasteiger partial charge on any atom is -0.326 e. The highest BCUT2D eigenvalue weighted by atomic mass is 32.1. The van der Waals surface area contributed by atoms with E-state index in [1.807, 2.05) is 17.5 Å². The maximum Gasteiger partial charge on any atom is 0.249 e. The number of thiophene rings is 1. The molecule has 7 nitrogen and oxygen atoms in total. The van der Waals surface area contributed by atoms with Gasteiger partial charge in [0.1, 0.15) is 18.7 Å². The second-order valence-corrected chi connectivity index (χ2v) is 6.45. The monoisotopic (exact) mass is 355 g/mol. The highest BCUT2D eigenvalue weighted by Gasteiger charge is 2.15. The van der Waals surface area contributed by atoms with E-state index < -0.39 is 6.04 Å². The second-order valence-electron chi connectivity index (χ2n) is 5.42. The molecule has 0 bridgehead atoms. The van der Waals surface area contributed by atoms with E-state index >= 15 is 0 Å². The molecule has 0 saturated heterocycles. The summed E-state index contributed by atoms with van der Waals surface area (Å²) in [5, 5.41) is 11.5. The molecule has 2 N–H and O–H groups in total. The summed E-state index contributed by atoms with van der Waals surface area (Å²) in [5.41, 5.74) is 1.33. The fourth-order valence-electron chi connectivity index (χ4n) is 2.20.